The Morgan fingerprint density at radius 2 is 2.08 bits per heavy atom. The van der Waals surface area contributed by atoms with Gasteiger partial charge in [0.25, 0.3) is 0 Å². The van der Waals surface area contributed by atoms with E-state index in [-0.39, 0.29) is 11.8 Å². The highest BCUT2D eigenvalue weighted by Crippen LogP contribution is 2.34. The van der Waals surface area contributed by atoms with Crippen molar-refractivity contribution in [3.8, 4) is 5.75 Å². The largest absolute Gasteiger partial charge is 0.489 e. The van der Waals surface area contributed by atoms with Gasteiger partial charge in [-0.3, -0.25) is 4.79 Å². The molecule has 1 aromatic heterocycles. The second kappa shape index (κ2) is 6.61. The van der Waals surface area contributed by atoms with Crippen molar-refractivity contribution in [3.63, 3.8) is 0 Å². The van der Waals surface area contributed by atoms with Crippen molar-refractivity contribution in [2.45, 2.75) is 19.1 Å². The van der Waals surface area contributed by atoms with Crippen LogP contribution in [-0.4, -0.2) is 24.5 Å². The summed E-state index contributed by atoms with van der Waals surface area (Å²) in [6.07, 6.45) is 0. The Hall–Kier alpha value is -2.79. The second-order valence-corrected chi connectivity index (χ2v) is 6.30. The SMILES string of the molecule is CNC(=O)C1CNCc2[nH]c3ccc(OCc4ccccc4)cc3c21. The number of likely N-dealkylation sites (N-methyl/N-ethyl adjacent to an activating group) is 1. The van der Waals surface area contributed by atoms with Crippen LogP contribution in [0.4, 0.5) is 0 Å². The molecule has 0 aliphatic carbocycles. The van der Waals surface area contributed by atoms with E-state index in [1.165, 1.54) is 0 Å². The minimum atomic E-state index is -0.188. The van der Waals surface area contributed by atoms with E-state index in [2.05, 4.69) is 15.6 Å². The number of aromatic nitrogens is 1. The maximum absolute atomic E-state index is 12.3. The minimum absolute atomic E-state index is 0.0324. The fraction of sp³-hybridized carbons (Fsp3) is 0.250. The topological polar surface area (TPSA) is 66.2 Å². The molecule has 0 radical (unpaired) electrons. The van der Waals surface area contributed by atoms with Crippen molar-refractivity contribution >= 4 is 16.8 Å². The normalized spacial score (nSPS) is 16.4. The molecule has 1 aliphatic heterocycles. The van der Waals surface area contributed by atoms with Crippen LogP contribution in [-0.2, 0) is 17.9 Å². The predicted octanol–water partition coefficient (Wildman–Crippen LogP) is 2.68. The van der Waals surface area contributed by atoms with Crippen LogP contribution < -0.4 is 15.4 Å². The summed E-state index contributed by atoms with van der Waals surface area (Å²) in [4.78, 5) is 15.7. The lowest BCUT2D eigenvalue weighted by atomic mass is 9.92. The van der Waals surface area contributed by atoms with E-state index in [1.807, 2.05) is 48.5 Å². The van der Waals surface area contributed by atoms with E-state index in [0.29, 0.717) is 13.2 Å². The molecule has 0 saturated heterocycles. The molecule has 3 N–H and O–H groups in total. The first-order chi connectivity index (χ1) is 12.3. The molecule has 2 heterocycles. The summed E-state index contributed by atoms with van der Waals surface area (Å²) in [5.41, 5.74) is 4.33. The van der Waals surface area contributed by atoms with Crippen LogP contribution in [0.2, 0.25) is 0 Å². The van der Waals surface area contributed by atoms with Gasteiger partial charge in [0, 0.05) is 36.7 Å². The van der Waals surface area contributed by atoms with Crippen molar-refractivity contribution in [1.29, 1.82) is 0 Å². The number of carbonyl (C=O) groups excluding carboxylic acids is 1. The molecule has 0 spiro atoms. The first kappa shape index (κ1) is 15.7. The van der Waals surface area contributed by atoms with Crippen LogP contribution in [0.3, 0.4) is 0 Å². The highest BCUT2D eigenvalue weighted by atomic mass is 16.5. The standard InChI is InChI=1S/C20H21N3O2/c1-21-20(24)16-10-22-11-18-19(16)15-9-14(7-8-17(15)23-18)25-12-13-5-3-2-4-6-13/h2-9,16,22-23H,10-12H2,1H3,(H,21,24). The third-order valence-corrected chi connectivity index (χ3v) is 4.70. The van der Waals surface area contributed by atoms with Gasteiger partial charge >= 0.3 is 0 Å². The van der Waals surface area contributed by atoms with E-state index in [9.17, 15) is 4.79 Å². The van der Waals surface area contributed by atoms with Crippen molar-refractivity contribution in [2.75, 3.05) is 13.6 Å². The number of carbonyl (C=O) groups is 1. The molecular weight excluding hydrogens is 314 g/mol. The van der Waals surface area contributed by atoms with Gasteiger partial charge in [0.15, 0.2) is 0 Å². The second-order valence-electron chi connectivity index (χ2n) is 6.30. The maximum atomic E-state index is 12.3. The Kier molecular flexibility index (Phi) is 4.15. The molecule has 5 nitrogen and oxygen atoms in total. The summed E-state index contributed by atoms with van der Waals surface area (Å²) in [6, 6.07) is 16.1. The summed E-state index contributed by atoms with van der Waals surface area (Å²) in [7, 11) is 1.68. The fourth-order valence-electron chi connectivity index (χ4n) is 3.46. The highest BCUT2D eigenvalue weighted by Gasteiger charge is 2.29. The zero-order chi connectivity index (χ0) is 17.2. The molecule has 25 heavy (non-hydrogen) atoms. The number of fused-ring (bicyclic) bond motifs is 3. The maximum Gasteiger partial charge on any atom is 0.228 e. The molecule has 1 aliphatic rings. The lowest BCUT2D eigenvalue weighted by molar-refractivity contribution is -0.122. The van der Waals surface area contributed by atoms with Gasteiger partial charge in [-0.15, -0.1) is 0 Å². The van der Waals surface area contributed by atoms with Gasteiger partial charge in [-0.05, 0) is 29.3 Å². The van der Waals surface area contributed by atoms with Gasteiger partial charge in [-0.25, -0.2) is 0 Å². The molecule has 1 amide bonds. The minimum Gasteiger partial charge on any atom is -0.489 e. The Labute approximate surface area is 146 Å². The molecule has 0 saturated carbocycles. The quantitative estimate of drug-likeness (QED) is 0.687. The number of H-pyrrole nitrogens is 1. The van der Waals surface area contributed by atoms with Crippen LogP contribution in [0, 0.1) is 0 Å². The zero-order valence-corrected chi connectivity index (χ0v) is 14.1. The van der Waals surface area contributed by atoms with Gasteiger partial charge in [-0.2, -0.15) is 0 Å². The summed E-state index contributed by atoms with van der Waals surface area (Å²) < 4.78 is 5.95. The lowest BCUT2D eigenvalue weighted by Crippen LogP contribution is -2.37. The first-order valence-corrected chi connectivity index (χ1v) is 8.50. The molecular formula is C20H21N3O2. The van der Waals surface area contributed by atoms with Gasteiger partial charge in [0.2, 0.25) is 5.91 Å². The smallest absolute Gasteiger partial charge is 0.228 e. The monoisotopic (exact) mass is 335 g/mol. The Morgan fingerprint density at radius 3 is 2.88 bits per heavy atom. The number of rotatable bonds is 4. The predicted molar refractivity (Wildman–Crippen MR) is 97.6 cm³/mol. The molecule has 4 rings (SSSR count). The molecule has 0 fully saturated rings. The fourth-order valence-corrected chi connectivity index (χ4v) is 3.46. The number of aromatic amines is 1. The molecule has 3 aromatic rings. The summed E-state index contributed by atoms with van der Waals surface area (Å²) in [6.45, 7) is 1.92. The molecule has 1 unspecified atom stereocenters. The highest BCUT2D eigenvalue weighted by molar-refractivity contribution is 5.94. The molecule has 5 heteroatoms. The molecule has 0 bridgehead atoms. The number of ether oxygens (including phenoxy) is 1. The summed E-state index contributed by atoms with van der Waals surface area (Å²) in [5.74, 6) is 0.657. The number of amides is 1. The van der Waals surface area contributed by atoms with Gasteiger partial charge in [0.05, 0.1) is 5.92 Å². The van der Waals surface area contributed by atoms with Crippen LogP contribution >= 0.6 is 0 Å². The van der Waals surface area contributed by atoms with E-state index < -0.39 is 0 Å². The summed E-state index contributed by atoms with van der Waals surface area (Å²) >= 11 is 0. The number of benzene rings is 2. The van der Waals surface area contributed by atoms with Crippen LogP contribution in [0.1, 0.15) is 22.7 Å². The van der Waals surface area contributed by atoms with Gasteiger partial charge < -0.3 is 20.4 Å². The van der Waals surface area contributed by atoms with Crippen molar-refractivity contribution in [1.82, 2.24) is 15.6 Å². The van der Waals surface area contributed by atoms with E-state index in [0.717, 1.165) is 40.0 Å². The van der Waals surface area contributed by atoms with E-state index in [1.54, 1.807) is 7.05 Å². The van der Waals surface area contributed by atoms with Crippen LogP contribution in [0.25, 0.3) is 10.9 Å². The number of nitrogens with one attached hydrogen (secondary N) is 3. The first-order valence-electron chi connectivity index (χ1n) is 8.50. The molecule has 2 aromatic carbocycles. The third-order valence-electron chi connectivity index (χ3n) is 4.70. The summed E-state index contributed by atoms with van der Waals surface area (Å²) in [5, 5.41) is 7.14. The average molecular weight is 335 g/mol. The molecule has 1 atom stereocenters. The van der Waals surface area contributed by atoms with Gasteiger partial charge in [-0.1, -0.05) is 30.3 Å². The van der Waals surface area contributed by atoms with Crippen molar-refractivity contribution in [2.24, 2.45) is 0 Å². The van der Waals surface area contributed by atoms with Gasteiger partial charge in [0.1, 0.15) is 12.4 Å². The average Bonchev–Trinajstić information content (AvgIpc) is 3.04. The van der Waals surface area contributed by atoms with Crippen LogP contribution in [0.5, 0.6) is 5.75 Å². The number of hydrogen-bond acceptors (Lipinski definition) is 3. The Morgan fingerprint density at radius 1 is 1.24 bits per heavy atom. The van der Waals surface area contributed by atoms with Crippen molar-refractivity contribution in [3.05, 3.63) is 65.4 Å². The van der Waals surface area contributed by atoms with Crippen molar-refractivity contribution < 1.29 is 9.53 Å². The zero-order valence-electron chi connectivity index (χ0n) is 14.1. The Bertz CT molecular complexity index is 902. The third kappa shape index (κ3) is 2.98. The Balaban J connectivity index is 1.67. The van der Waals surface area contributed by atoms with E-state index >= 15 is 0 Å². The number of hydrogen-bond donors (Lipinski definition) is 3. The van der Waals surface area contributed by atoms with Crippen LogP contribution in [0.15, 0.2) is 48.5 Å². The lowest BCUT2D eigenvalue weighted by Gasteiger charge is -2.22. The van der Waals surface area contributed by atoms with E-state index in [4.69, 9.17) is 4.74 Å². The molecule has 128 valence electrons.